The van der Waals surface area contributed by atoms with Gasteiger partial charge in [0.2, 0.25) is 0 Å². The van der Waals surface area contributed by atoms with Crippen LogP contribution in [-0.4, -0.2) is 36.6 Å². The Morgan fingerprint density at radius 1 is 0.905 bits per heavy atom. The van der Waals surface area contributed by atoms with Gasteiger partial charge in [-0.25, -0.2) is 0 Å². The highest BCUT2D eigenvalue weighted by Crippen LogP contribution is 2.35. The van der Waals surface area contributed by atoms with Gasteiger partial charge in [0.1, 0.15) is 0 Å². The zero-order valence-corrected chi connectivity index (χ0v) is 14.5. The maximum Gasteiger partial charge on any atom is 0.0197 e. The molecule has 3 rings (SSSR count). The predicted molar refractivity (Wildman–Crippen MR) is 90.5 cm³/mol. The molecule has 1 aliphatic carbocycles. The van der Waals surface area contributed by atoms with E-state index in [2.05, 4.69) is 31.0 Å². The molecule has 3 atom stereocenters. The van der Waals surface area contributed by atoms with E-state index in [0.717, 1.165) is 23.9 Å². The fraction of sp³-hybridized carbons (Fsp3) is 1.00. The fourth-order valence-corrected chi connectivity index (χ4v) is 5.01. The Bertz CT molecular complexity index is 325. The lowest BCUT2D eigenvalue weighted by molar-refractivity contribution is 0.0889. The molecule has 3 fully saturated rings. The summed E-state index contributed by atoms with van der Waals surface area (Å²) in [5.74, 6) is 1.93. The second-order valence-electron chi connectivity index (χ2n) is 9.03. The normalized spacial score (nSPS) is 36.4. The first-order valence-electron chi connectivity index (χ1n) is 9.51. The van der Waals surface area contributed by atoms with E-state index in [1.807, 2.05) is 0 Å². The first-order chi connectivity index (χ1) is 10.0. The maximum atomic E-state index is 4.00. The molecule has 0 amide bonds. The topological polar surface area (TPSA) is 15.3 Å². The summed E-state index contributed by atoms with van der Waals surface area (Å²) < 4.78 is 0. The first kappa shape index (κ1) is 15.8. The lowest BCUT2D eigenvalue weighted by Gasteiger charge is -2.44. The summed E-state index contributed by atoms with van der Waals surface area (Å²) in [6, 6.07) is 1.63. The maximum absolute atomic E-state index is 4.00. The highest BCUT2D eigenvalue weighted by molar-refractivity contribution is 4.91. The molecule has 3 unspecified atom stereocenters. The summed E-state index contributed by atoms with van der Waals surface area (Å²) in [6.07, 6.45) is 11.6. The van der Waals surface area contributed by atoms with Crippen molar-refractivity contribution >= 4 is 0 Å². The van der Waals surface area contributed by atoms with Crippen LogP contribution in [0.1, 0.15) is 72.1 Å². The SMILES string of the molecule is CC(C)(C)C1CCN(CC2CCC3CCCCC3N2)CC1. The molecule has 0 aromatic rings. The summed E-state index contributed by atoms with van der Waals surface area (Å²) in [7, 11) is 0. The summed E-state index contributed by atoms with van der Waals surface area (Å²) in [6.45, 7) is 11.2. The van der Waals surface area contributed by atoms with Crippen molar-refractivity contribution in [1.29, 1.82) is 0 Å². The minimum Gasteiger partial charge on any atom is -0.310 e. The average Bonchev–Trinajstić information content (AvgIpc) is 2.47. The molecule has 3 aliphatic rings. The second kappa shape index (κ2) is 6.58. The molecule has 0 bridgehead atoms. The van der Waals surface area contributed by atoms with Crippen molar-refractivity contribution in [3.05, 3.63) is 0 Å². The van der Waals surface area contributed by atoms with Crippen LogP contribution in [0.15, 0.2) is 0 Å². The Hall–Kier alpha value is -0.0800. The van der Waals surface area contributed by atoms with Crippen LogP contribution in [0.5, 0.6) is 0 Å². The van der Waals surface area contributed by atoms with Crippen molar-refractivity contribution in [2.45, 2.75) is 84.2 Å². The third-order valence-corrected chi connectivity index (χ3v) is 6.54. The van der Waals surface area contributed by atoms with Gasteiger partial charge in [-0.2, -0.15) is 0 Å². The Morgan fingerprint density at radius 3 is 2.33 bits per heavy atom. The predicted octanol–water partition coefficient (Wildman–Crippen LogP) is 4.06. The highest BCUT2D eigenvalue weighted by atomic mass is 15.2. The van der Waals surface area contributed by atoms with Crippen LogP contribution in [-0.2, 0) is 0 Å². The number of nitrogens with one attached hydrogen (secondary N) is 1. The number of hydrogen-bond acceptors (Lipinski definition) is 2. The molecule has 2 saturated heterocycles. The van der Waals surface area contributed by atoms with Gasteiger partial charge in [0.15, 0.2) is 0 Å². The van der Waals surface area contributed by atoms with Crippen LogP contribution in [0, 0.1) is 17.3 Å². The van der Waals surface area contributed by atoms with Gasteiger partial charge in [0, 0.05) is 18.6 Å². The van der Waals surface area contributed by atoms with Gasteiger partial charge in [0.05, 0.1) is 0 Å². The van der Waals surface area contributed by atoms with Crippen LogP contribution in [0.4, 0.5) is 0 Å². The highest BCUT2D eigenvalue weighted by Gasteiger charge is 2.33. The van der Waals surface area contributed by atoms with Crippen molar-refractivity contribution in [2.24, 2.45) is 17.3 Å². The van der Waals surface area contributed by atoms with E-state index in [-0.39, 0.29) is 0 Å². The van der Waals surface area contributed by atoms with E-state index in [4.69, 9.17) is 0 Å². The number of rotatable bonds is 2. The van der Waals surface area contributed by atoms with E-state index >= 15 is 0 Å². The van der Waals surface area contributed by atoms with E-state index in [0.29, 0.717) is 5.41 Å². The molecule has 1 saturated carbocycles. The fourth-order valence-electron chi connectivity index (χ4n) is 5.01. The van der Waals surface area contributed by atoms with Gasteiger partial charge in [0.25, 0.3) is 0 Å². The molecular formula is C19H36N2. The van der Waals surface area contributed by atoms with Gasteiger partial charge in [-0.1, -0.05) is 33.6 Å². The lowest BCUT2D eigenvalue weighted by atomic mass is 9.75. The first-order valence-corrected chi connectivity index (χ1v) is 9.51. The van der Waals surface area contributed by atoms with Crippen LogP contribution >= 0.6 is 0 Å². The largest absolute Gasteiger partial charge is 0.310 e. The lowest BCUT2D eigenvalue weighted by Crippen LogP contribution is -2.53. The van der Waals surface area contributed by atoms with E-state index in [9.17, 15) is 0 Å². The Kier molecular flexibility index (Phi) is 4.95. The molecule has 1 N–H and O–H groups in total. The van der Waals surface area contributed by atoms with Gasteiger partial charge in [-0.15, -0.1) is 0 Å². The van der Waals surface area contributed by atoms with Crippen molar-refractivity contribution in [3.63, 3.8) is 0 Å². The second-order valence-corrected chi connectivity index (χ2v) is 9.03. The monoisotopic (exact) mass is 292 g/mol. The minimum atomic E-state index is 0.504. The number of fused-ring (bicyclic) bond motifs is 1. The van der Waals surface area contributed by atoms with Crippen molar-refractivity contribution in [1.82, 2.24) is 10.2 Å². The summed E-state index contributed by atoms with van der Waals surface area (Å²) in [5.41, 5.74) is 0.504. The standard InChI is InChI=1S/C19H36N2/c1-19(2,3)16-10-12-21(13-11-16)14-17-9-8-15-6-4-5-7-18(15)20-17/h15-18,20H,4-14H2,1-3H3. The molecule has 2 nitrogen and oxygen atoms in total. The Morgan fingerprint density at radius 2 is 1.62 bits per heavy atom. The van der Waals surface area contributed by atoms with Gasteiger partial charge < -0.3 is 10.2 Å². The van der Waals surface area contributed by atoms with Gasteiger partial charge in [-0.05, 0) is 68.9 Å². The van der Waals surface area contributed by atoms with E-state index < -0.39 is 0 Å². The van der Waals surface area contributed by atoms with Crippen molar-refractivity contribution in [3.8, 4) is 0 Å². The van der Waals surface area contributed by atoms with Crippen LogP contribution in [0.2, 0.25) is 0 Å². The molecule has 21 heavy (non-hydrogen) atoms. The number of nitrogens with zero attached hydrogens (tertiary/aromatic N) is 1. The smallest absolute Gasteiger partial charge is 0.0197 e. The summed E-state index contributed by atoms with van der Waals surface area (Å²) in [4.78, 5) is 2.74. The Balaban J connectivity index is 1.43. The zero-order valence-electron chi connectivity index (χ0n) is 14.5. The quantitative estimate of drug-likeness (QED) is 0.826. The summed E-state index contributed by atoms with van der Waals surface area (Å²) in [5, 5.41) is 4.00. The van der Waals surface area contributed by atoms with E-state index in [1.165, 1.54) is 71.0 Å². The molecule has 2 heterocycles. The molecule has 2 aliphatic heterocycles. The average molecular weight is 293 g/mol. The van der Waals surface area contributed by atoms with E-state index in [1.54, 1.807) is 0 Å². The zero-order chi connectivity index (χ0) is 14.9. The van der Waals surface area contributed by atoms with Crippen LogP contribution < -0.4 is 5.32 Å². The van der Waals surface area contributed by atoms with Crippen molar-refractivity contribution < 1.29 is 0 Å². The van der Waals surface area contributed by atoms with Crippen molar-refractivity contribution in [2.75, 3.05) is 19.6 Å². The number of piperidine rings is 2. The molecule has 0 radical (unpaired) electrons. The molecule has 0 aromatic heterocycles. The number of likely N-dealkylation sites (tertiary alicyclic amines) is 1. The summed E-state index contributed by atoms with van der Waals surface area (Å²) >= 11 is 0. The van der Waals surface area contributed by atoms with Crippen LogP contribution in [0.25, 0.3) is 0 Å². The molecule has 122 valence electrons. The molecule has 0 spiro atoms. The minimum absolute atomic E-state index is 0.504. The third kappa shape index (κ3) is 4.01. The number of hydrogen-bond donors (Lipinski definition) is 1. The van der Waals surface area contributed by atoms with Crippen LogP contribution in [0.3, 0.4) is 0 Å². The Labute approximate surface area is 132 Å². The van der Waals surface area contributed by atoms with Gasteiger partial charge in [-0.3, -0.25) is 0 Å². The molecule has 2 heteroatoms. The third-order valence-electron chi connectivity index (χ3n) is 6.54. The molecule has 0 aromatic carbocycles. The van der Waals surface area contributed by atoms with Gasteiger partial charge >= 0.3 is 0 Å². The molecular weight excluding hydrogens is 256 g/mol.